The molecule has 0 radical (unpaired) electrons. The number of thioether (sulfide) groups is 1. The maximum atomic E-state index is 13.4. The van der Waals surface area contributed by atoms with Gasteiger partial charge >= 0.3 is 0 Å². The first-order valence-electron chi connectivity index (χ1n) is 10.2. The molecular formula is C23H23ClN4OS. The Balaban J connectivity index is 1.43. The lowest BCUT2D eigenvalue weighted by atomic mass is 9.97. The van der Waals surface area contributed by atoms with Crippen LogP contribution in [0.5, 0.6) is 0 Å². The normalized spacial score (nSPS) is 20.8. The molecule has 2 aliphatic rings. The number of hydrogen-bond donors (Lipinski definition) is 0. The fourth-order valence-electron chi connectivity index (χ4n) is 4.43. The number of fused-ring (bicyclic) bond motifs is 2. The third kappa shape index (κ3) is 3.98. The molecule has 30 heavy (non-hydrogen) atoms. The second-order valence-electron chi connectivity index (χ2n) is 7.98. The van der Waals surface area contributed by atoms with Crippen molar-refractivity contribution >= 4 is 23.4 Å². The van der Waals surface area contributed by atoms with Crippen molar-refractivity contribution in [1.29, 1.82) is 0 Å². The zero-order chi connectivity index (χ0) is 20.6. The van der Waals surface area contributed by atoms with Gasteiger partial charge in [-0.25, -0.2) is 0 Å². The standard InChI is InChI=1S/C23H23ClN4OS/c24-19-3-4-20-21(14-19)30-16-18-2-1-7-26-22(18)23(20)27-10-12-28(29,13-11-27)15-17-5-8-25-9-6-17/h1-9,14,23H,10-13,15-16H2. The molecule has 0 saturated carbocycles. The number of hydroxylamine groups is 3. The van der Waals surface area contributed by atoms with Gasteiger partial charge in [0.05, 0.1) is 24.8 Å². The third-order valence-corrected chi connectivity index (χ3v) is 7.37. The molecule has 1 atom stereocenters. The Morgan fingerprint density at radius 3 is 2.70 bits per heavy atom. The van der Waals surface area contributed by atoms with Crippen molar-refractivity contribution in [3.05, 3.63) is 93.7 Å². The molecule has 5 rings (SSSR count). The highest BCUT2D eigenvalue weighted by Crippen LogP contribution is 2.42. The zero-order valence-electron chi connectivity index (χ0n) is 16.6. The van der Waals surface area contributed by atoms with E-state index in [2.05, 4.69) is 28.1 Å². The molecule has 7 heteroatoms. The highest BCUT2D eigenvalue weighted by molar-refractivity contribution is 7.98. The van der Waals surface area contributed by atoms with Gasteiger partial charge in [0.1, 0.15) is 6.54 Å². The first-order valence-corrected chi connectivity index (χ1v) is 11.5. The molecule has 2 aromatic heterocycles. The van der Waals surface area contributed by atoms with E-state index in [1.807, 2.05) is 42.2 Å². The molecule has 1 aromatic carbocycles. The van der Waals surface area contributed by atoms with Gasteiger partial charge in [0, 0.05) is 52.9 Å². The van der Waals surface area contributed by atoms with E-state index in [1.54, 1.807) is 12.4 Å². The summed E-state index contributed by atoms with van der Waals surface area (Å²) in [6, 6.07) is 14.2. The lowest BCUT2D eigenvalue weighted by molar-refractivity contribution is -0.898. The van der Waals surface area contributed by atoms with Gasteiger partial charge in [0.15, 0.2) is 0 Å². The summed E-state index contributed by atoms with van der Waals surface area (Å²) in [5.41, 5.74) is 4.64. The van der Waals surface area contributed by atoms with Crippen LogP contribution in [0.1, 0.15) is 28.4 Å². The summed E-state index contributed by atoms with van der Waals surface area (Å²) in [6.45, 7) is 3.11. The topological polar surface area (TPSA) is 52.1 Å². The van der Waals surface area contributed by atoms with Crippen LogP contribution in [0, 0.1) is 5.21 Å². The van der Waals surface area contributed by atoms with Crippen molar-refractivity contribution in [2.45, 2.75) is 23.2 Å². The first-order chi connectivity index (χ1) is 14.6. The number of nitrogens with zero attached hydrogens (tertiary/aromatic N) is 4. The molecular weight excluding hydrogens is 416 g/mol. The average molecular weight is 439 g/mol. The minimum atomic E-state index is -0.190. The first kappa shape index (κ1) is 20.0. The highest BCUT2D eigenvalue weighted by atomic mass is 35.5. The Morgan fingerprint density at radius 1 is 1.10 bits per heavy atom. The summed E-state index contributed by atoms with van der Waals surface area (Å²) in [6.07, 6.45) is 5.38. The van der Waals surface area contributed by atoms with Gasteiger partial charge in [-0.05, 0) is 41.5 Å². The molecule has 5 nitrogen and oxygen atoms in total. The molecule has 154 valence electrons. The van der Waals surface area contributed by atoms with Gasteiger partial charge in [0.2, 0.25) is 0 Å². The summed E-state index contributed by atoms with van der Waals surface area (Å²) in [7, 11) is 0. The van der Waals surface area contributed by atoms with Crippen molar-refractivity contribution < 1.29 is 4.65 Å². The van der Waals surface area contributed by atoms with Crippen molar-refractivity contribution in [3.63, 3.8) is 0 Å². The van der Waals surface area contributed by atoms with E-state index in [0.717, 1.165) is 35.1 Å². The van der Waals surface area contributed by atoms with Crippen LogP contribution in [0.25, 0.3) is 0 Å². The van der Waals surface area contributed by atoms with Crippen molar-refractivity contribution in [1.82, 2.24) is 14.9 Å². The number of hydrogen-bond acceptors (Lipinski definition) is 5. The monoisotopic (exact) mass is 438 g/mol. The summed E-state index contributed by atoms with van der Waals surface area (Å²) in [5.74, 6) is 0.879. The summed E-state index contributed by atoms with van der Waals surface area (Å²) < 4.78 is -0.190. The van der Waals surface area contributed by atoms with Crippen molar-refractivity contribution in [2.75, 3.05) is 26.2 Å². The number of piperazine rings is 1. The number of rotatable bonds is 3. The van der Waals surface area contributed by atoms with Crippen LogP contribution < -0.4 is 0 Å². The molecule has 3 aromatic rings. The van der Waals surface area contributed by atoms with Crippen LogP contribution in [0.4, 0.5) is 0 Å². The van der Waals surface area contributed by atoms with Gasteiger partial charge in [0.25, 0.3) is 0 Å². The second kappa shape index (κ2) is 8.29. The van der Waals surface area contributed by atoms with Crippen LogP contribution >= 0.6 is 23.4 Å². The maximum Gasteiger partial charge on any atom is 0.104 e. The van der Waals surface area contributed by atoms with Gasteiger partial charge in [-0.2, -0.15) is 0 Å². The molecule has 2 aliphatic heterocycles. The number of aromatic nitrogens is 2. The van der Waals surface area contributed by atoms with E-state index < -0.39 is 0 Å². The maximum absolute atomic E-state index is 13.4. The lowest BCUT2D eigenvalue weighted by Crippen LogP contribution is -2.56. The van der Waals surface area contributed by atoms with E-state index in [1.165, 1.54) is 16.0 Å². The quantitative estimate of drug-likeness (QED) is 0.440. The number of quaternary nitrogens is 1. The van der Waals surface area contributed by atoms with Crippen LogP contribution in [-0.2, 0) is 12.3 Å². The fraction of sp³-hybridized carbons (Fsp3) is 0.304. The molecule has 1 unspecified atom stereocenters. The number of benzene rings is 1. The Labute approximate surface area is 185 Å². The van der Waals surface area contributed by atoms with E-state index in [-0.39, 0.29) is 10.7 Å². The minimum absolute atomic E-state index is 0.0538. The van der Waals surface area contributed by atoms with Crippen LogP contribution in [0.3, 0.4) is 0 Å². The SMILES string of the molecule is [O-][N+]1(Cc2ccncc2)CCN(C2c3ccc(Cl)cc3SCc3cccnc32)CC1. The zero-order valence-corrected chi connectivity index (χ0v) is 18.1. The molecule has 4 heterocycles. The number of pyridine rings is 2. The summed E-state index contributed by atoms with van der Waals surface area (Å²) in [4.78, 5) is 12.5. The Hall–Kier alpha value is -1.96. The van der Waals surface area contributed by atoms with E-state index in [4.69, 9.17) is 16.6 Å². The predicted octanol–water partition coefficient (Wildman–Crippen LogP) is 4.66. The van der Waals surface area contributed by atoms with Crippen molar-refractivity contribution in [3.8, 4) is 0 Å². The van der Waals surface area contributed by atoms with Gasteiger partial charge in [-0.15, -0.1) is 11.8 Å². The van der Waals surface area contributed by atoms with E-state index in [9.17, 15) is 5.21 Å². The Morgan fingerprint density at radius 2 is 1.90 bits per heavy atom. The van der Waals surface area contributed by atoms with Crippen LogP contribution in [0.15, 0.2) is 66.0 Å². The van der Waals surface area contributed by atoms with Gasteiger partial charge in [-0.1, -0.05) is 23.7 Å². The molecule has 0 amide bonds. The van der Waals surface area contributed by atoms with Crippen LogP contribution in [0.2, 0.25) is 5.02 Å². The molecule has 0 aliphatic carbocycles. The Kier molecular flexibility index (Phi) is 5.52. The minimum Gasteiger partial charge on any atom is -0.632 e. The molecule has 1 saturated heterocycles. The Bertz CT molecular complexity index is 1040. The average Bonchev–Trinajstić information content (AvgIpc) is 2.92. The largest absolute Gasteiger partial charge is 0.632 e. The molecule has 0 spiro atoms. The van der Waals surface area contributed by atoms with Crippen LogP contribution in [-0.4, -0.2) is 45.7 Å². The smallest absolute Gasteiger partial charge is 0.104 e. The third-order valence-electron chi connectivity index (χ3n) is 6.01. The van der Waals surface area contributed by atoms with E-state index >= 15 is 0 Å². The number of halogens is 1. The lowest BCUT2D eigenvalue weighted by Gasteiger charge is -2.49. The second-order valence-corrected chi connectivity index (χ2v) is 9.43. The highest BCUT2D eigenvalue weighted by Gasteiger charge is 2.35. The van der Waals surface area contributed by atoms with Gasteiger partial charge in [-0.3, -0.25) is 14.9 Å². The summed E-state index contributed by atoms with van der Waals surface area (Å²) in [5, 5.41) is 14.1. The predicted molar refractivity (Wildman–Crippen MR) is 120 cm³/mol. The molecule has 1 fully saturated rings. The summed E-state index contributed by atoms with van der Waals surface area (Å²) >= 11 is 8.11. The van der Waals surface area contributed by atoms with Gasteiger partial charge < -0.3 is 9.85 Å². The fourth-order valence-corrected chi connectivity index (χ4v) is 5.78. The van der Waals surface area contributed by atoms with E-state index in [0.29, 0.717) is 19.6 Å². The molecule has 0 bridgehead atoms. The molecule has 0 N–H and O–H groups in total. The van der Waals surface area contributed by atoms with Crippen molar-refractivity contribution in [2.24, 2.45) is 0 Å².